The van der Waals surface area contributed by atoms with E-state index in [4.69, 9.17) is 5.41 Å². The molecule has 0 aromatic carbocycles. The first kappa shape index (κ1) is 8.76. The summed E-state index contributed by atoms with van der Waals surface area (Å²) in [5.41, 5.74) is 0.989. The Labute approximate surface area is 69.7 Å². The third-order valence-corrected chi connectivity index (χ3v) is 2.64. The van der Waals surface area contributed by atoms with Gasteiger partial charge in [0.15, 0.2) is 0 Å². The Bertz CT molecular complexity index is 129. The van der Waals surface area contributed by atoms with E-state index in [1.807, 2.05) is 0 Å². The molecule has 0 heterocycles. The Kier molecular flexibility index (Phi) is 3.61. The van der Waals surface area contributed by atoms with Crippen molar-refractivity contribution in [3.8, 4) is 0 Å². The zero-order valence-electron chi connectivity index (χ0n) is 7.53. The number of hydrogen-bond donors (Lipinski definition) is 1. The molecule has 1 saturated carbocycles. The van der Waals surface area contributed by atoms with Gasteiger partial charge >= 0.3 is 0 Å². The van der Waals surface area contributed by atoms with Crippen LogP contribution in [0.3, 0.4) is 0 Å². The normalized spacial score (nSPS) is 26.6. The molecular formula is C10H19N. The maximum Gasteiger partial charge on any atom is 0.00892 e. The van der Waals surface area contributed by atoms with Crippen LogP contribution in [0.15, 0.2) is 0 Å². The van der Waals surface area contributed by atoms with E-state index in [1.165, 1.54) is 32.1 Å². The third-order valence-electron chi connectivity index (χ3n) is 2.64. The lowest BCUT2D eigenvalue weighted by molar-refractivity contribution is 0.426. The lowest BCUT2D eigenvalue weighted by Gasteiger charge is -2.10. The van der Waals surface area contributed by atoms with Gasteiger partial charge < -0.3 is 5.41 Å². The minimum absolute atomic E-state index is 0.933. The molecular weight excluding hydrogens is 134 g/mol. The van der Waals surface area contributed by atoms with Gasteiger partial charge in [-0.2, -0.15) is 0 Å². The van der Waals surface area contributed by atoms with Gasteiger partial charge in [-0.05, 0) is 31.6 Å². The van der Waals surface area contributed by atoms with E-state index >= 15 is 0 Å². The van der Waals surface area contributed by atoms with Gasteiger partial charge in [0.2, 0.25) is 0 Å². The maximum atomic E-state index is 7.55. The van der Waals surface area contributed by atoms with E-state index in [-0.39, 0.29) is 0 Å². The average molecular weight is 153 g/mol. The number of nitrogens with one attached hydrogen (secondary N) is 1. The third kappa shape index (κ3) is 3.04. The van der Waals surface area contributed by atoms with Crippen LogP contribution in [0.5, 0.6) is 0 Å². The van der Waals surface area contributed by atoms with Gasteiger partial charge in [-0.1, -0.05) is 26.2 Å². The zero-order valence-corrected chi connectivity index (χ0v) is 7.53. The molecule has 1 unspecified atom stereocenters. The molecule has 0 bridgehead atoms. The summed E-state index contributed by atoms with van der Waals surface area (Å²) in [7, 11) is 0. The standard InChI is InChI=1S/C10H19N/c1-2-4-9-5-3-6-10(11)8-7-9/h9,11H,2-8H2,1H3. The first-order valence-corrected chi connectivity index (χ1v) is 4.89. The first-order valence-electron chi connectivity index (χ1n) is 4.89. The molecule has 1 aliphatic rings. The molecule has 1 rings (SSSR count). The van der Waals surface area contributed by atoms with Crippen molar-refractivity contribution in [3.63, 3.8) is 0 Å². The maximum absolute atomic E-state index is 7.55. The molecule has 0 aromatic rings. The van der Waals surface area contributed by atoms with Gasteiger partial charge in [0, 0.05) is 5.71 Å². The predicted molar refractivity (Wildman–Crippen MR) is 49.2 cm³/mol. The van der Waals surface area contributed by atoms with E-state index in [0.717, 1.165) is 24.5 Å². The second-order valence-corrected chi connectivity index (χ2v) is 3.69. The summed E-state index contributed by atoms with van der Waals surface area (Å²) in [4.78, 5) is 0. The molecule has 0 radical (unpaired) electrons. The summed E-state index contributed by atoms with van der Waals surface area (Å²) in [6, 6.07) is 0. The van der Waals surface area contributed by atoms with Crippen molar-refractivity contribution in [2.75, 3.05) is 0 Å². The monoisotopic (exact) mass is 153 g/mol. The molecule has 0 saturated heterocycles. The fourth-order valence-electron chi connectivity index (χ4n) is 1.95. The van der Waals surface area contributed by atoms with Gasteiger partial charge in [0.05, 0.1) is 0 Å². The summed E-state index contributed by atoms with van der Waals surface area (Å²) in [5, 5.41) is 7.55. The molecule has 0 aromatic heterocycles. The van der Waals surface area contributed by atoms with Crippen LogP contribution in [-0.4, -0.2) is 5.71 Å². The first-order chi connectivity index (χ1) is 5.33. The van der Waals surface area contributed by atoms with Crippen molar-refractivity contribution < 1.29 is 0 Å². The Hall–Kier alpha value is -0.330. The molecule has 0 spiro atoms. The van der Waals surface area contributed by atoms with Crippen molar-refractivity contribution in [3.05, 3.63) is 0 Å². The highest BCUT2D eigenvalue weighted by Crippen LogP contribution is 2.24. The molecule has 1 aliphatic carbocycles. The Morgan fingerprint density at radius 2 is 2.18 bits per heavy atom. The second-order valence-electron chi connectivity index (χ2n) is 3.69. The SMILES string of the molecule is CCCC1CCCC(=N)CC1. The van der Waals surface area contributed by atoms with Crippen LogP contribution in [0.1, 0.15) is 51.9 Å². The van der Waals surface area contributed by atoms with E-state index < -0.39 is 0 Å². The van der Waals surface area contributed by atoms with Crippen molar-refractivity contribution in [1.29, 1.82) is 5.41 Å². The topological polar surface area (TPSA) is 23.9 Å². The molecule has 1 N–H and O–H groups in total. The molecule has 1 heteroatoms. The van der Waals surface area contributed by atoms with Crippen molar-refractivity contribution in [1.82, 2.24) is 0 Å². The molecule has 1 fully saturated rings. The highest BCUT2D eigenvalue weighted by Gasteiger charge is 2.13. The number of rotatable bonds is 2. The highest BCUT2D eigenvalue weighted by atomic mass is 14.4. The Morgan fingerprint density at radius 3 is 2.91 bits per heavy atom. The number of hydrogen-bond acceptors (Lipinski definition) is 1. The molecule has 0 amide bonds. The Morgan fingerprint density at radius 1 is 1.36 bits per heavy atom. The summed E-state index contributed by atoms with van der Waals surface area (Å²) < 4.78 is 0. The predicted octanol–water partition coefficient (Wildman–Crippen LogP) is 3.39. The quantitative estimate of drug-likeness (QED) is 0.588. The molecule has 11 heavy (non-hydrogen) atoms. The van der Waals surface area contributed by atoms with Gasteiger partial charge in [-0.15, -0.1) is 0 Å². The van der Waals surface area contributed by atoms with Crippen LogP contribution in [0, 0.1) is 11.3 Å². The smallest absolute Gasteiger partial charge is 0.00892 e. The molecule has 0 aliphatic heterocycles. The van der Waals surface area contributed by atoms with Gasteiger partial charge in [-0.25, -0.2) is 0 Å². The summed E-state index contributed by atoms with van der Waals surface area (Å²) in [5.74, 6) is 0.933. The van der Waals surface area contributed by atoms with Crippen LogP contribution >= 0.6 is 0 Å². The van der Waals surface area contributed by atoms with Crippen molar-refractivity contribution in [2.24, 2.45) is 5.92 Å². The van der Waals surface area contributed by atoms with E-state index in [1.54, 1.807) is 0 Å². The van der Waals surface area contributed by atoms with Gasteiger partial charge in [0.25, 0.3) is 0 Å². The lowest BCUT2D eigenvalue weighted by Crippen LogP contribution is -1.98. The van der Waals surface area contributed by atoms with E-state index in [2.05, 4.69) is 6.92 Å². The largest absolute Gasteiger partial charge is 0.310 e. The van der Waals surface area contributed by atoms with Gasteiger partial charge in [-0.3, -0.25) is 0 Å². The second kappa shape index (κ2) is 4.53. The van der Waals surface area contributed by atoms with Crippen LogP contribution < -0.4 is 0 Å². The van der Waals surface area contributed by atoms with E-state index in [0.29, 0.717) is 0 Å². The van der Waals surface area contributed by atoms with Crippen LogP contribution in [-0.2, 0) is 0 Å². The van der Waals surface area contributed by atoms with E-state index in [9.17, 15) is 0 Å². The summed E-state index contributed by atoms with van der Waals surface area (Å²) >= 11 is 0. The molecule has 64 valence electrons. The zero-order chi connectivity index (χ0) is 8.10. The van der Waals surface area contributed by atoms with Crippen LogP contribution in [0.2, 0.25) is 0 Å². The summed E-state index contributed by atoms with van der Waals surface area (Å²) in [6.07, 6.45) is 8.77. The van der Waals surface area contributed by atoms with Crippen LogP contribution in [0.4, 0.5) is 0 Å². The Balaban J connectivity index is 2.28. The minimum atomic E-state index is 0.933. The molecule has 1 atom stereocenters. The highest BCUT2D eigenvalue weighted by molar-refractivity contribution is 5.81. The average Bonchev–Trinajstić information content (AvgIpc) is 2.17. The minimum Gasteiger partial charge on any atom is -0.310 e. The van der Waals surface area contributed by atoms with Crippen molar-refractivity contribution in [2.45, 2.75) is 51.9 Å². The summed E-state index contributed by atoms with van der Waals surface area (Å²) in [6.45, 7) is 2.26. The lowest BCUT2D eigenvalue weighted by atomic mass is 9.95. The fraction of sp³-hybridized carbons (Fsp3) is 0.900. The van der Waals surface area contributed by atoms with Crippen molar-refractivity contribution >= 4 is 5.71 Å². The van der Waals surface area contributed by atoms with Gasteiger partial charge in [0.1, 0.15) is 0 Å². The van der Waals surface area contributed by atoms with Crippen LogP contribution in [0.25, 0.3) is 0 Å². The molecule has 1 nitrogen and oxygen atoms in total. The fourth-order valence-corrected chi connectivity index (χ4v) is 1.95.